The van der Waals surface area contributed by atoms with Crippen molar-refractivity contribution < 1.29 is 19.0 Å². The van der Waals surface area contributed by atoms with E-state index in [1.165, 1.54) is 0 Å². The summed E-state index contributed by atoms with van der Waals surface area (Å²) in [5.74, 6) is 1.84. The smallest absolute Gasteiger partial charge is 0.255 e. The number of benzene rings is 2. The second kappa shape index (κ2) is 11.1. The molecule has 0 aliphatic carbocycles. The Morgan fingerprint density at radius 1 is 0.926 bits per heavy atom. The Morgan fingerprint density at radius 2 is 1.70 bits per heavy atom. The number of para-hydroxylation sites is 1. The van der Waals surface area contributed by atoms with Gasteiger partial charge in [0.25, 0.3) is 5.91 Å². The molecule has 0 aromatic heterocycles. The van der Waals surface area contributed by atoms with Gasteiger partial charge in [0.2, 0.25) is 0 Å². The summed E-state index contributed by atoms with van der Waals surface area (Å²) in [6, 6.07) is 13.0. The van der Waals surface area contributed by atoms with Gasteiger partial charge in [0.1, 0.15) is 5.75 Å². The molecule has 5 nitrogen and oxygen atoms in total. The number of methoxy groups -OCH3 is 1. The number of rotatable bonds is 11. The van der Waals surface area contributed by atoms with Gasteiger partial charge in [0.15, 0.2) is 11.5 Å². The fraction of sp³-hybridized carbons (Fsp3) is 0.409. The van der Waals surface area contributed by atoms with Crippen molar-refractivity contribution in [2.45, 2.75) is 39.7 Å². The average Bonchev–Trinajstić information content (AvgIpc) is 2.71. The molecule has 0 unspecified atom stereocenters. The van der Waals surface area contributed by atoms with Gasteiger partial charge in [-0.25, -0.2) is 0 Å². The highest BCUT2D eigenvalue weighted by Crippen LogP contribution is 2.28. The SMILES string of the molecule is CCCCOc1ccc(CNC(=O)c2ccccc2OCCC)cc1OC. The van der Waals surface area contributed by atoms with E-state index in [-0.39, 0.29) is 5.91 Å². The average molecular weight is 371 g/mol. The lowest BCUT2D eigenvalue weighted by molar-refractivity contribution is 0.0946. The maximum atomic E-state index is 12.6. The van der Waals surface area contributed by atoms with Crippen molar-refractivity contribution in [1.29, 1.82) is 0 Å². The van der Waals surface area contributed by atoms with Crippen LogP contribution < -0.4 is 19.5 Å². The molecular weight excluding hydrogens is 342 g/mol. The summed E-state index contributed by atoms with van der Waals surface area (Å²) in [4.78, 5) is 12.6. The van der Waals surface area contributed by atoms with Crippen molar-refractivity contribution in [3.05, 3.63) is 53.6 Å². The number of amides is 1. The van der Waals surface area contributed by atoms with Gasteiger partial charge >= 0.3 is 0 Å². The maximum Gasteiger partial charge on any atom is 0.255 e. The van der Waals surface area contributed by atoms with E-state index in [0.29, 0.717) is 36.8 Å². The molecule has 0 fully saturated rings. The first kappa shape index (κ1) is 20.6. The maximum absolute atomic E-state index is 12.6. The standard InChI is InChI=1S/C22H29NO4/c1-4-6-14-27-20-12-11-17(15-21(20)25-3)16-23-22(24)18-9-7-8-10-19(18)26-13-5-2/h7-12,15H,4-6,13-14,16H2,1-3H3,(H,23,24). The number of carbonyl (C=O) groups excluding carboxylic acids is 1. The molecule has 1 amide bonds. The Kier molecular flexibility index (Phi) is 8.49. The Hall–Kier alpha value is -2.69. The second-order valence-electron chi connectivity index (χ2n) is 6.21. The van der Waals surface area contributed by atoms with E-state index in [1.807, 2.05) is 43.3 Å². The van der Waals surface area contributed by atoms with Crippen LogP contribution in [0.2, 0.25) is 0 Å². The molecule has 2 aromatic rings. The zero-order chi connectivity index (χ0) is 19.5. The van der Waals surface area contributed by atoms with Crippen LogP contribution in [0.3, 0.4) is 0 Å². The molecule has 0 spiro atoms. The lowest BCUT2D eigenvalue weighted by atomic mass is 10.1. The third-order valence-electron chi connectivity index (χ3n) is 4.03. The van der Waals surface area contributed by atoms with Crippen molar-refractivity contribution in [3.8, 4) is 17.2 Å². The second-order valence-corrected chi connectivity index (χ2v) is 6.21. The third-order valence-corrected chi connectivity index (χ3v) is 4.03. The summed E-state index contributed by atoms with van der Waals surface area (Å²) < 4.78 is 16.8. The van der Waals surface area contributed by atoms with Crippen LogP contribution in [0.15, 0.2) is 42.5 Å². The van der Waals surface area contributed by atoms with Crippen LogP contribution in [-0.4, -0.2) is 26.2 Å². The molecule has 0 radical (unpaired) electrons. The summed E-state index contributed by atoms with van der Waals surface area (Å²) in [6.45, 7) is 5.80. The molecule has 0 atom stereocenters. The number of nitrogens with one attached hydrogen (secondary N) is 1. The predicted octanol–water partition coefficient (Wildman–Crippen LogP) is 4.59. The summed E-state index contributed by atoms with van der Waals surface area (Å²) in [5.41, 5.74) is 1.48. The summed E-state index contributed by atoms with van der Waals surface area (Å²) >= 11 is 0. The van der Waals surface area contributed by atoms with Crippen LogP contribution in [0.5, 0.6) is 17.2 Å². The van der Waals surface area contributed by atoms with Gasteiger partial charge in [-0.3, -0.25) is 4.79 Å². The molecule has 0 heterocycles. The van der Waals surface area contributed by atoms with E-state index in [2.05, 4.69) is 12.2 Å². The largest absolute Gasteiger partial charge is 0.493 e. The topological polar surface area (TPSA) is 56.8 Å². The molecule has 2 aromatic carbocycles. The number of ether oxygens (including phenoxy) is 3. The molecule has 27 heavy (non-hydrogen) atoms. The van der Waals surface area contributed by atoms with Gasteiger partial charge in [0, 0.05) is 6.54 Å². The first-order valence-electron chi connectivity index (χ1n) is 9.49. The van der Waals surface area contributed by atoms with Gasteiger partial charge in [-0.05, 0) is 42.7 Å². The van der Waals surface area contributed by atoms with E-state index in [9.17, 15) is 4.79 Å². The lowest BCUT2D eigenvalue weighted by Crippen LogP contribution is -2.23. The fourth-order valence-electron chi connectivity index (χ4n) is 2.54. The van der Waals surface area contributed by atoms with E-state index in [4.69, 9.17) is 14.2 Å². The van der Waals surface area contributed by atoms with Crippen LogP contribution in [0, 0.1) is 0 Å². The Bertz CT molecular complexity index is 730. The van der Waals surface area contributed by atoms with Gasteiger partial charge in [-0.15, -0.1) is 0 Å². The number of unbranched alkanes of at least 4 members (excludes halogenated alkanes) is 1. The highest BCUT2D eigenvalue weighted by Gasteiger charge is 2.12. The van der Waals surface area contributed by atoms with Gasteiger partial charge in [0.05, 0.1) is 25.9 Å². The molecule has 1 N–H and O–H groups in total. The fourth-order valence-corrected chi connectivity index (χ4v) is 2.54. The Balaban J connectivity index is 2.00. The van der Waals surface area contributed by atoms with Gasteiger partial charge in [-0.2, -0.15) is 0 Å². The van der Waals surface area contributed by atoms with Crippen molar-refractivity contribution in [3.63, 3.8) is 0 Å². The zero-order valence-electron chi connectivity index (χ0n) is 16.4. The van der Waals surface area contributed by atoms with Crippen LogP contribution >= 0.6 is 0 Å². The third kappa shape index (κ3) is 6.20. The van der Waals surface area contributed by atoms with Crippen LogP contribution in [-0.2, 0) is 6.54 Å². The number of carbonyl (C=O) groups is 1. The summed E-state index contributed by atoms with van der Waals surface area (Å²) in [7, 11) is 1.62. The van der Waals surface area contributed by atoms with Crippen molar-refractivity contribution in [2.24, 2.45) is 0 Å². The summed E-state index contributed by atoms with van der Waals surface area (Å²) in [5, 5.41) is 2.94. The quantitative estimate of drug-likeness (QED) is 0.587. The van der Waals surface area contributed by atoms with Crippen molar-refractivity contribution in [2.75, 3.05) is 20.3 Å². The monoisotopic (exact) mass is 371 g/mol. The van der Waals surface area contributed by atoms with E-state index < -0.39 is 0 Å². The normalized spacial score (nSPS) is 10.3. The highest BCUT2D eigenvalue weighted by molar-refractivity contribution is 5.96. The molecule has 2 rings (SSSR count). The highest BCUT2D eigenvalue weighted by atomic mass is 16.5. The summed E-state index contributed by atoms with van der Waals surface area (Å²) in [6.07, 6.45) is 2.97. The Morgan fingerprint density at radius 3 is 2.44 bits per heavy atom. The number of hydrogen-bond acceptors (Lipinski definition) is 4. The van der Waals surface area contributed by atoms with Crippen molar-refractivity contribution >= 4 is 5.91 Å². The number of hydrogen-bond donors (Lipinski definition) is 1. The first-order valence-corrected chi connectivity index (χ1v) is 9.49. The van der Waals surface area contributed by atoms with E-state index >= 15 is 0 Å². The van der Waals surface area contributed by atoms with Crippen LogP contribution in [0.25, 0.3) is 0 Å². The van der Waals surface area contributed by atoms with Crippen molar-refractivity contribution in [1.82, 2.24) is 5.32 Å². The lowest BCUT2D eigenvalue weighted by Gasteiger charge is -2.13. The molecule has 0 bridgehead atoms. The van der Waals surface area contributed by atoms with Gasteiger partial charge in [-0.1, -0.05) is 38.5 Å². The predicted molar refractivity (Wildman–Crippen MR) is 107 cm³/mol. The molecule has 0 aliphatic heterocycles. The van der Waals surface area contributed by atoms with Crippen LogP contribution in [0.1, 0.15) is 49.0 Å². The minimum absolute atomic E-state index is 0.163. The minimum atomic E-state index is -0.163. The first-order chi connectivity index (χ1) is 13.2. The molecule has 5 heteroatoms. The molecule has 0 saturated carbocycles. The van der Waals surface area contributed by atoms with E-state index in [1.54, 1.807) is 13.2 Å². The minimum Gasteiger partial charge on any atom is -0.493 e. The van der Waals surface area contributed by atoms with E-state index in [0.717, 1.165) is 30.6 Å². The molecule has 146 valence electrons. The molecule has 0 aliphatic rings. The Labute approximate surface area is 161 Å². The molecule has 0 saturated heterocycles. The van der Waals surface area contributed by atoms with Crippen LogP contribution in [0.4, 0.5) is 0 Å². The van der Waals surface area contributed by atoms with Gasteiger partial charge < -0.3 is 19.5 Å². The molecular formula is C22H29NO4. The zero-order valence-corrected chi connectivity index (χ0v) is 16.4.